The fraction of sp³-hybridized carbons (Fsp3) is 0.250. The van der Waals surface area contributed by atoms with Crippen LogP contribution in [0.15, 0.2) is 48.5 Å². The minimum absolute atomic E-state index is 0.168. The van der Waals surface area contributed by atoms with Crippen LogP contribution in [0.5, 0.6) is 0 Å². The quantitative estimate of drug-likeness (QED) is 0.684. The summed E-state index contributed by atoms with van der Waals surface area (Å²) in [5, 5.41) is 10.2. The lowest BCUT2D eigenvalue weighted by Gasteiger charge is -2.13. The van der Waals surface area contributed by atoms with Crippen LogP contribution in [0.2, 0.25) is 0 Å². The largest absolute Gasteiger partial charge is 0.448 e. The third kappa shape index (κ3) is 3.74. The standard InChI is InChI=1S/C20H21N3O3/c1-12(2)14-8-10-15(11-9-14)21-19(24)13(3)26-20(25)18-16-6-4-5-7-17(16)22-23-18/h4-13H,1-3H3,(H,21,24)(H,22,23)/t13-/m0/s1. The summed E-state index contributed by atoms with van der Waals surface area (Å²) < 4.78 is 5.27. The summed E-state index contributed by atoms with van der Waals surface area (Å²) in [6, 6.07) is 14.8. The van der Waals surface area contributed by atoms with Crippen molar-refractivity contribution in [1.82, 2.24) is 10.2 Å². The molecule has 26 heavy (non-hydrogen) atoms. The van der Waals surface area contributed by atoms with Gasteiger partial charge in [0.15, 0.2) is 11.8 Å². The lowest BCUT2D eigenvalue weighted by molar-refractivity contribution is -0.123. The van der Waals surface area contributed by atoms with Crippen LogP contribution < -0.4 is 5.32 Å². The molecule has 3 rings (SSSR count). The highest BCUT2D eigenvalue weighted by atomic mass is 16.5. The van der Waals surface area contributed by atoms with Gasteiger partial charge in [0.05, 0.1) is 5.52 Å². The van der Waals surface area contributed by atoms with Crippen LogP contribution in [0.4, 0.5) is 5.69 Å². The molecule has 0 fully saturated rings. The Labute approximate surface area is 151 Å². The molecular weight excluding hydrogens is 330 g/mol. The van der Waals surface area contributed by atoms with Crippen LogP contribution >= 0.6 is 0 Å². The molecule has 6 heteroatoms. The Balaban J connectivity index is 1.64. The average Bonchev–Trinajstić information content (AvgIpc) is 3.06. The zero-order chi connectivity index (χ0) is 18.7. The summed E-state index contributed by atoms with van der Waals surface area (Å²) in [7, 11) is 0. The molecule has 0 saturated carbocycles. The first-order valence-electron chi connectivity index (χ1n) is 8.50. The maximum atomic E-state index is 12.3. The number of amides is 1. The summed E-state index contributed by atoms with van der Waals surface area (Å²) in [4.78, 5) is 24.6. The number of H-pyrrole nitrogens is 1. The zero-order valence-corrected chi connectivity index (χ0v) is 14.9. The Bertz CT molecular complexity index is 929. The number of nitrogens with one attached hydrogen (secondary N) is 2. The summed E-state index contributed by atoms with van der Waals surface area (Å²) in [6.45, 7) is 5.74. The van der Waals surface area contributed by atoms with Crippen LogP contribution in [0.1, 0.15) is 42.7 Å². The maximum Gasteiger partial charge on any atom is 0.360 e. The van der Waals surface area contributed by atoms with Crippen LogP contribution in [0, 0.1) is 0 Å². The van der Waals surface area contributed by atoms with Gasteiger partial charge in [-0.1, -0.05) is 44.2 Å². The molecule has 0 aliphatic carbocycles. The lowest BCUT2D eigenvalue weighted by Crippen LogP contribution is -2.30. The minimum atomic E-state index is -0.942. The molecule has 0 saturated heterocycles. The van der Waals surface area contributed by atoms with Gasteiger partial charge in [-0.15, -0.1) is 0 Å². The van der Waals surface area contributed by atoms with E-state index in [9.17, 15) is 9.59 Å². The van der Waals surface area contributed by atoms with E-state index in [1.54, 1.807) is 6.07 Å². The normalized spacial score (nSPS) is 12.2. The summed E-state index contributed by atoms with van der Waals surface area (Å²) in [6.07, 6.45) is -0.942. The van der Waals surface area contributed by atoms with Crippen molar-refractivity contribution in [3.8, 4) is 0 Å². The van der Waals surface area contributed by atoms with Crippen molar-refractivity contribution >= 4 is 28.5 Å². The van der Waals surface area contributed by atoms with E-state index in [0.29, 0.717) is 17.0 Å². The molecule has 2 aromatic carbocycles. The number of rotatable bonds is 5. The molecule has 0 unspecified atom stereocenters. The number of aromatic amines is 1. The first-order valence-corrected chi connectivity index (χ1v) is 8.50. The van der Waals surface area contributed by atoms with Gasteiger partial charge in [0.25, 0.3) is 5.91 Å². The number of para-hydroxylation sites is 1. The molecule has 0 radical (unpaired) electrons. The molecule has 0 aliphatic rings. The molecule has 1 aromatic heterocycles. The first-order chi connectivity index (χ1) is 12.5. The van der Waals surface area contributed by atoms with Crippen molar-refractivity contribution in [1.29, 1.82) is 0 Å². The van der Waals surface area contributed by atoms with E-state index >= 15 is 0 Å². The molecular formula is C20H21N3O3. The van der Waals surface area contributed by atoms with Gasteiger partial charge in [-0.25, -0.2) is 4.79 Å². The molecule has 6 nitrogen and oxygen atoms in total. The summed E-state index contributed by atoms with van der Waals surface area (Å²) in [5.41, 5.74) is 2.75. The Morgan fingerprint density at radius 1 is 1.04 bits per heavy atom. The van der Waals surface area contributed by atoms with Gasteiger partial charge in [-0.05, 0) is 36.6 Å². The second kappa shape index (κ2) is 7.39. The van der Waals surface area contributed by atoms with Crippen molar-refractivity contribution in [2.75, 3.05) is 5.32 Å². The van der Waals surface area contributed by atoms with Crippen molar-refractivity contribution in [2.45, 2.75) is 32.8 Å². The molecule has 134 valence electrons. The SMILES string of the molecule is CC(C)c1ccc(NC(=O)[C@H](C)OC(=O)c2n[nH]c3ccccc23)cc1. The Kier molecular flexibility index (Phi) is 5.02. The fourth-order valence-electron chi connectivity index (χ4n) is 2.58. The number of aromatic nitrogens is 2. The smallest absolute Gasteiger partial charge is 0.360 e. The fourth-order valence-corrected chi connectivity index (χ4v) is 2.58. The lowest BCUT2D eigenvalue weighted by atomic mass is 10.0. The number of carbonyl (C=O) groups is 2. The highest BCUT2D eigenvalue weighted by Crippen LogP contribution is 2.18. The second-order valence-corrected chi connectivity index (χ2v) is 6.43. The third-order valence-electron chi connectivity index (χ3n) is 4.16. The van der Waals surface area contributed by atoms with Gasteiger partial charge in [0, 0.05) is 11.1 Å². The van der Waals surface area contributed by atoms with Crippen LogP contribution in [0.25, 0.3) is 10.9 Å². The Morgan fingerprint density at radius 3 is 2.42 bits per heavy atom. The number of hydrogen-bond donors (Lipinski definition) is 2. The van der Waals surface area contributed by atoms with Crippen LogP contribution in [0.3, 0.4) is 0 Å². The van der Waals surface area contributed by atoms with E-state index in [4.69, 9.17) is 4.74 Å². The number of benzene rings is 2. The molecule has 0 bridgehead atoms. The van der Waals surface area contributed by atoms with Gasteiger partial charge in [0.2, 0.25) is 0 Å². The average molecular weight is 351 g/mol. The molecule has 2 N–H and O–H groups in total. The molecule has 3 aromatic rings. The zero-order valence-electron chi connectivity index (χ0n) is 14.9. The van der Waals surface area contributed by atoms with Crippen molar-refractivity contribution in [2.24, 2.45) is 0 Å². The van der Waals surface area contributed by atoms with E-state index in [2.05, 4.69) is 29.4 Å². The van der Waals surface area contributed by atoms with Gasteiger partial charge in [0.1, 0.15) is 0 Å². The number of ether oxygens (including phenoxy) is 1. The van der Waals surface area contributed by atoms with E-state index in [0.717, 1.165) is 5.52 Å². The van der Waals surface area contributed by atoms with Gasteiger partial charge in [-0.3, -0.25) is 9.89 Å². The van der Waals surface area contributed by atoms with Gasteiger partial charge in [-0.2, -0.15) is 5.10 Å². The number of hydrogen-bond acceptors (Lipinski definition) is 4. The highest BCUT2D eigenvalue weighted by Gasteiger charge is 2.22. The summed E-state index contributed by atoms with van der Waals surface area (Å²) >= 11 is 0. The predicted molar refractivity (Wildman–Crippen MR) is 100 cm³/mol. The number of fused-ring (bicyclic) bond motifs is 1. The molecule has 0 aliphatic heterocycles. The van der Waals surface area contributed by atoms with Gasteiger partial charge < -0.3 is 10.1 Å². The van der Waals surface area contributed by atoms with Crippen molar-refractivity contribution in [3.05, 3.63) is 59.8 Å². The van der Waals surface area contributed by atoms with E-state index in [1.807, 2.05) is 42.5 Å². The molecule has 1 amide bonds. The van der Waals surface area contributed by atoms with Crippen LogP contribution in [-0.4, -0.2) is 28.2 Å². The second-order valence-electron chi connectivity index (χ2n) is 6.43. The van der Waals surface area contributed by atoms with Crippen molar-refractivity contribution < 1.29 is 14.3 Å². The molecule has 1 atom stereocenters. The van der Waals surface area contributed by atoms with E-state index in [1.165, 1.54) is 12.5 Å². The monoisotopic (exact) mass is 351 g/mol. The predicted octanol–water partition coefficient (Wildman–Crippen LogP) is 3.87. The van der Waals surface area contributed by atoms with E-state index in [-0.39, 0.29) is 5.69 Å². The first kappa shape index (κ1) is 17.7. The van der Waals surface area contributed by atoms with E-state index < -0.39 is 18.0 Å². The highest BCUT2D eigenvalue weighted by molar-refractivity contribution is 6.03. The van der Waals surface area contributed by atoms with Crippen LogP contribution in [-0.2, 0) is 9.53 Å². The molecule has 1 heterocycles. The number of carbonyl (C=O) groups excluding carboxylic acids is 2. The summed E-state index contributed by atoms with van der Waals surface area (Å²) in [5.74, 6) is -0.612. The molecule has 0 spiro atoms. The maximum absolute atomic E-state index is 12.3. The van der Waals surface area contributed by atoms with Crippen molar-refractivity contribution in [3.63, 3.8) is 0 Å². The Morgan fingerprint density at radius 2 is 1.73 bits per heavy atom. The number of esters is 1. The number of nitrogens with zero attached hydrogens (tertiary/aromatic N) is 1. The third-order valence-corrected chi connectivity index (χ3v) is 4.16. The number of anilines is 1. The minimum Gasteiger partial charge on any atom is -0.448 e. The van der Waals surface area contributed by atoms with Gasteiger partial charge >= 0.3 is 5.97 Å². The topological polar surface area (TPSA) is 84.1 Å². The Hall–Kier alpha value is -3.15.